The van der Waals surface area contributed by atoms with Crippen molar-refractivity contribution < 1.29 is 0 Å². The van der Waals surface area contributed by atoms with Crippen molar-refractivity contribution in [2.24, 2.45) is 0 Å². The molecule has 0 aliphatic rings. The summed E-state index contributed by atoms with van der Waals surface area (Å²) in [7, 11) is 6.94. The van der Waals surface area contributed by atoms with E-state index in [1.807, 2.05) is 0 Å². The Balaban J connectivity index is 2.58. The molecular weight excluding hydrogens is 176 g/mol. The number of benzene rings is 1. The molecule has 2 heteroatoms. The lowest BCUT2D eigenvalue weighted by Gasteiger charge is -2.00. The maximum atomic E-state index is 3.47. The molecule has 1 rings (SSSR count). The van der Waals surface area contributed by atoms with E-state index >= 15 is 0 Å². The van der Waals surface area contributed by atoms with Gasteiger partial charge in [-0.15, -0.1) is 0 Å². The van der Waals surface area contributed by atoms with E-state index in [-0.39, 0.29) is 0 Å². The third-order valence-corrected chi connectivity index (χ3v) is 2.35. The van der Waals surface area contributed by atoms with Gasteiger partial charge in [0.05, 0.1) is 0 Å². The second-order valence-electron chi connectivity index (χ2n) is 2.82. The molecule has 0 heterocycles. The summed E-state index contributed by atoms with van der Waals surface area (Å²) in [6.45, 7) is 0. The molecule has 0 aliphatic carbocycles. The molecular formula is C10H12Si2. The quantitative estimate of drug-likeness (QED) is 0.634. The summed E-state index contributed by atoms with van der Waals surface area (Å²) in [5, 5.41) is 0. The van der Waals surface area contributed by atoms with Gasteiger partial charge in [0.1, 0.15) is 0 Å². The first-order chi connectivity index (χ1) is 5.86. The number of rotatable bonds is 4. The zero-order valence-corrected chi connectivity index (χ0v) is 9.14. The predicted molar refractivity (Wildman–Crippen MR) is 55.0 cm³/mol. The second-order valence-corrected chi connectivity index (χ2v) is 3.82. The lowest BCUT2D eigenvalue weighted by atomic mass is 10.1. The van der Waals surface area contributed by atoms with E-state index in [9.17, 15) is 0 Å². The predicted octanol–water partition coefficient (Wildman–Crippen LogP) is 1.95. The van der Waals surface area contributed by atoms with Gasteiger partial charge in [0.2, 0.25) is 0 Å². The average molecular weight is 188 g/mol. The van der Waals surface area contributed by atoms with Gasteiger partial charge in [-0.3, -0.25) is 0 Å². The van der Waals surface area contributed by atoms with Gasteiger partial charge in [0.25, 0.3) is 0 Å². The van der Waals surface area contributed by atoms with Crippen LogP contribution in [0, 0.1) is 0 Å². The molecule has 0 N–H and O–H groups in total. The molecule has 60 valence electrons. The SMILES string of the molecule is [Si]CCc1ccc(CC[Si])cc1. The molecule has 0 amide bonds. The van der Waals surface area contributed by atoms with Gasteiger partial charge < -0.3 is 0 Å². The smallest absolute Gasteiger partial charge is 0.0225 e. The monoisotopic (exact) mass is 188 g/mol. The fraction of sp³-hybridized carbons (Fsp3) is 0.400. The summed E-state index contributed by atoms with van der Waals surface area (Å²) in [5.74, 6) is 0. The van der Waals surface area contributed by atoms with E-state index in [0.29, 0.717) is 0 Å². The standard InChI is InChI=1S/C10H12Si2/c11-7-5-9-1-2-10(4-3-9)6-8-12/h1-4H,5-8H2. The zero-order valence-electron chi connectivity index (χ0n) is 7.14. The molecule has 6 radical (unpaired) electrons. The number of hydrogen-bond acceptors (Lipinski definition) is 0. The van der Waals surface area contributed by atoms with Gasteiger partial charge in [0, 0.05) is 20.5 Å². The summed E-state index contributed by atoms with van der Waals surface area (Å²) >= 11 is 0. The van der Waals surface area contributed by atoms with E-state index in [1.165, 1.54) is 11.1 Å². The van der Waals surface area contributed by atoms with Crippen LogP contribution < -0.4 is 0 Å². The Morgan fingerprint density at radius 3 is 1.33 bits per heavy atom. The van der Waals surface area contributed by atoms with Crippen molar-refractivity contribution in [2.75, 3.05) is 0 Å². The third-order valence-electron chi connectivity index (χ3n) is 1.85. The summed E-state index contributed by atoms with van der Waals surface area (Å²) in [6.07, 6.45) is 2.23. The summed E-state index contributed by atoms with van der Waals surface area (Å²) < 4.78 is 0. The molecule has 0 fully saturated rings. The molecule has 1 aromatic rings. The van der Waals surface area contributed by atoms with Gasteiger partial charge in [-0.2, -0.15) is 0 Å². The molecule has 1 aromatic carbocycles. The van der Waals surface area contributed by atoms with Gasteiger partial charge in [0.15, 0.2) is 0 Å². The van der Waals surface area contributed by atoms with Crippen LogP contribution in [0.5, 0.6) is 0 Å². The molecule has 12 heavy (non-hydrogen) atoms. The van der Waals surface area contributed by atoms with Gasteiger partial charge in [-0.1, -0.05) is 36.4 Å². The van der Waals surface area contributed by atoms with Crippen LogP contribution in [-0.4, -0.2) is 20.5 Å². The maximum Gasteiger partial charge on any atom is 0.0225 e. The lowest BCUT2D eigenvalue weighted by Crippen LogP contribution is -1.87. The minimum absolute atomic E-state index is 1.04. The molecule has 0 spiro atoms. The van der Waals surface area contributed by atoms with Crippen LogP contribution in [0.15, 0.2) is 24.3 Å². The normalized spacial score (nSPS) is 10.2. The van der Waals surface area contributed by atoms with Crippen LogP contribution in [0.4, 0.5) is 0 Å². The Morgan fingerprint density at radius 1 is 0.750 bits per heavy atom. The highest BCUT2D eigenvalue weighted by Gasteiger charge is 1.92. The first kappa shape index (κ1) is 9.74. The van der Waals surface area contributed by atoms with Crippen LogP contribution in [0.1, 0.15) is 11.1 Å². The van der Waals surface area contributed by atoms with E-state index in [1.54, 1.807) is 0 Å². The van der Waals surface area contributed by atoms with Crippen molar-refractivity contribution in [1.82, 2.24) is 0 Å². The summed E-state index contributed by atoms with van der Waals surface area (Å²) in [5.41, 5.74) is 2.81. The Morgan fingerprint density at radius 2 is 1.08 bits per heavy atom. The van der Waals surface area contributed by atoms with Crippen LogP contribution >= 0.6 is 0 Å². The van der Waals surface area contributed by atoms with Gasteiger partial charge in [-0.05, 0) is 24.0 Å². The van der Waals surface area contributed by atoms with Crippen LogP contribution in [0.25, 0.3) is 0 Å². The van der Waals surface area contributed by atoms with Crippen LogP contribution in [0.2, 0.25) is 12.1 Å². The average Bonchev–Trinajstić information content (AvgIpc) is 2.09. The fourth-order valence-corrected chi connectivity index (χ4v) is 1.74. The molecule has 0 aromatic heterocycles. The van der Waals surface area contributed by atoms with Gasteiger partial charge in [-0.25, -0.2) is 0 Å². The fourth-order valence-electron chi connectivity index (χ4n) is 1.16. The molecule has 0 bridgehead atoms. The largest absolute Gasteiger partial charge is 0.0597 e. The van der Waals surface area contributed by atoms with Crippen molar-refractivity contribution in [1.29, 1.82) is 0 Å². The molecule has 0 atom stereocenters. The lowest BCUT2D eigenvalue weighted by molar-refractivity contribution is 1.09. The highest BCUT2D eigenvalue weighted by Crippen LogP contribution is 2.07. The molecule has 0 unspecified atom stereocenters. The zero-order chi connectivity index (χ0) is 8.81. The minimum atomic E-state index is 1.04. The molecule has 0 nitrogen and oxygen atoms in total. The highest BCUT2D eigenvalue weighted by molar-refractivity contribution is 6.08. The highest BCUT2D eigenvalue weighted by atomic mass is 28.1. The van der Waals surface area contributed by atoms with Crippen LogP contribution in [0.3, 0.4) is 0 Å². The van der Waals surface area contributed by atoms with Crippen molar-refractivity contribution in [3.05, 3.63) is 35.4 Å². The van der Waals surface area contributed by atoms with E-state index in [2.05, 4.69) is 44.8 Å². The minimum Gasteiger partial charge on any atom is -0.0597 e. The van der Waals surface area contributed by atoms with Crippen LogP contribution in [-0.2, 0) is 12.8 Å². The third kappa shape index (κ3) is 2.95. The summed E-state index contributed by atoms with van der Waals surface area (Å²) in [4.78, 5) is 0. The van der Waals surface area contributed by atoms with Crippen molar-refractivity contribution in [3.63, 3.8) is 0 Å². The Bertz CT molecular complexity index is 191. The molecule has 0 saturated carbocycles. The molecule has 0 saturated heterocycles. The van der Waals surface area contributed by atoms with Crippen molar-refractivity contribution in [2.45, 2.75) is 24.9 Å². The van der Waals surface area contributed by atoms with Crippen molar-refractivity contribution in [3.8, 4) is 0 Å². The maximum absolute atomic E-state index is 3.47. The second kappa shape index (κ2) is 5.33. The molecule has 0 aliphatic heterocycles. The first-order valence-corrected chi connectivity index (χ1v) is 5.65. The summed E-state index contributed by atoms with van der Waals surface area (Å²) in [6, 6.07) is 10.9. The first-order valence-electron chi connectivity index (χ1n) is 4.24. The Labute approximate surface area is 81.2 Å². The topological polar surface area (TPSA) is 0 Å². The number of hydrogen-bond donors (Lipinski definition) is 0. The van der Waals surface area contributed by atoms with E-state index < -0.39 is 0 Å². The Hall–Kier alpha value is -0.346. The van der Waals surface area contributed by atoms with Gasteiger partial charge >= 0.3 is 0 Å². The van der Waals surface area contributed by atoms with Crippen molar-refractivity contribution >= 4 is 20.5 Å². The van der Waals surface area contributed by atoms with E-state index in [0.717, 1.165) is 24.9 Å². The number of aryl methyl sites for hydroxylation is 2. The van der Waals surface area contributed by atoms with E-state index in [4.69, 9.17) is 0 Å². The Kier molecular flexibility index (Phi) is 4.32.